The van der Waals surface area contributed by atoms with E-state index in [4.69, 9.17) is 4.74 Å². The number of rotatable bonds is 7. The Labute approximate surface area is 320 Å². The molecule has 2 N–H and O–H groups in total. The molecule has 3 saturated heterocycles. The third kappa shape index (κ3) is 7.07. The van der Waals surface area contributed by atoms with Crippen LogP contribution < -0.4 is 15.1 Å². The predicted octanol–water partition coefficient (Wildman–Crippen LogP) is 5.73. The Hall–Kier alpha value is -5.26. The smallest absolute Gasteiger partial charge is 0.255 e. The summed E-state index contributed by atoms with van der Waals surface area (Å²) in [6.45, 7) is 7.74. The van der Waals surface area contributed by atoms with Gasteiger partial charge in [-0.25, -0.2) is 4.39 Å². The number of carbonyl (C=O) groups excluding carboxylic acids is 3. The molecular weight excluding hydrogens is 698 g/mol. The first-order valence-corrected chi connectivity index (χ1v) is 19.6. The highest BCUT2D eigenvalue weighted by Gasteiger charge is 2.39. The molecule has 55 heavy (non-hydrogen) atoms. The summed E-state index contributed by atoms with van der Waals surface area (Å²) in [5.41, 5.74) is 8.07. The van der Waals surface area contributed by atoms with Gasteiger partial charge in [0.05, 0.1) is 12.7 Å². The van der Waals surface area contributed by atoms with Crippen LogP contribution in [-0.2, 0) is 27.5 Å². The third-order valence-corrected chi connectivity index (χ3v) is 12.4. The number of piperazine rings is 1. The zero-order valence-corrected chi connectivity index (χ0v) is 30.8. The number of amides is 3. The minimum absolute atomic E-state index is 0.0858. The highest BCUT2D eigenvalue weighted by Crippen LogP contribution is 2.46. The molecule has 0 radical (unpaired) electrons. The fourth-order valence-corrected chi connectivity index (χ4v) is 9.33. The number of nitrogens with one attached hydrogen (secondary N) is 1. The number of nitrogens with zero attached hydrogens (tertiary/aromatic N) is 4. The number of anilines is 2. The van der Waals surface area contributed by atoms with Crippen LogP contribution in [0.15, 0.2) is 84.9 Å². The molecule has 5 heterocycles. The van der Waals surface area contributed by atoms with Crippen molar-refractivity contribution in [1.82, 2.24) is 15.1 Å². The van der Waals surface area contributed by atoms with Crippen molar-refractivity contribution >= 4 is 29.1 Å². The van der Waals surface area contributed by atoms with Gasteiger partial charge in [0.15, 0.2) is 0 Å². The van der Waals surface area contributed by atoms with Gasteiger partial charge >= 0.3 is 0 Å². The fourth-order valence-electron chi connectivity index (χ4n) is 9.33. The van der Waals surface area contributed by atoms with Gasteiger partial charge in [-0.15, -0.1) is 0 Å². The molecule has 0 spiro atoms. The Morgan fingerprint density at radius 3 is 2.20 bits per heavy atom. The van der Waals surface area contributed by atoms with Crippen molar-refractivity contribution in [3.63, 3.8) is 0 Å². The molecule has 10 nitrogen and oxygen atoms in total. The van der Waals surface area contributed by atoms with Crippen LogP contribution in [-0.4, -0.2) is 84.5 Å². The number of halogens is 1. The van der Waals surface area contributed by atoms with E-state index in [0.29, 0.717) is 31.1 Å². The number of fused-ring (bicyclic) bond motifs is 2. The van der Waals surface area contributed by atoms with Crippen LogP contribution in [0.5, 0.6) is 5.75 Å². The lowest BCUT2D eigenvalue weighted by molar-refractivity contribution is -0.136. The molecule has 3 atom stereocenters. The number of hydrogen-bond donors (Lipinski definition) is 2. The van der Waals surface area contributed by atoms with E-state index < -0.39 is 6.04 Å². The molecule has 9 rings (SSSR count). The first-order chi connectivity index (χ1) is 26.8. The maximum atomic E-state index is 13.8. The molecule has 5 aliphatic rings. The maximum absolute atomic E-state index is 13.8. The standard InChI is InChI=1S/C44H46FN5O5/c45-33-5-1-30(2-6-33)42-41(37-12-10-36(51)24-32(37)27-55-42)29-3-7-34(8-4-29)48-17-15-28(16-18-48)25-47-19-21-49(22-20-47)35-9-11-38-31(23-35)26-50(44(38)54)39-13-14-40(52)46-43(39)53/h1-12,23-24,28,39,41-42,51H,13-22,25-27H2,(H,46,52,53)/t39-,41-,42-/m0/s1. The molecule has 4 aromatic rings. The normalized spacial score (nSPS) is 23.5. The van der Waals surface area contributed by atoms with Crippen LogP contribution >= 0.6 is 0 Å². The number of imide groups is 1. The molecule has 284 valence electrons. The molecule has 11 heteroatoms. The van der Waals surface area contributed by atoms with Gasteiger partial charge in [0, 0.05) is 81.6 Å². The van der Waals surface area contributed by atoms with Crippen LogP contribution in [0.1, 0.15) is 75.9 Å². The third-order valence-electron chi connectivity index (χ3n) is 12.4. The van der Waals surface area contributed by atoms with Gasteiger partial charge in [0.25, 0.3) is 5.91 Å². The molecule has 4 aromatic carbocycles. The molecule has 5 aliphatic heterocycles. The average Bonchev–Trinajstić information content (AvgIpc) is 3.53. The zero-order chi connectivity index (χ0) is 37.6. The van der Waals surface area contributed by atoms with Crippen LogP contribution in [0.2, 0.25) is 0 Å². The summed E-state index contributed by atoms with van der Waals surface area (Å²) in [5, 5.41) is 12.5. The lowest BCUT2D eigenvalue weighted by Gasteiger charge is -2.40. The second-order valence-corrected chi connectivity index (χ2v) is 15.7. The van der Waals surface area contributed by atoms with E-state index in [9.17, 15) is 23.9 Å². The number of aromatic hydroxyl groups is 1. The van der Waals surface area contributed by atoms with Crippen molar-refractivity contribution < 1.29 is 28.6 Å². The number of phenols is 1. The van der Waals surface area contributed by atoms with Crippen molar-refractivity contribution in [2.75, 3.05) is 55.6 Å². The Bertz CT molecular complexity index is 2090. The average molecular weight is 744 g/mol. The minimum Gasteiger partial charge on any atom is -0.508 e. The van der Waals surface area contributed by atoms with E-state index in [1.54, 1.807) is 29.2 Å². The van der Waals surface area contributed by atoms with Gasteiger partial charge in [-0.2, -0.15) is 0 Å². The Kier molecular flexibility index (Phi) is 9.51. The Morgan fingerprint density at radius 2 is 1.45 bits per heavy atom. The summed E-state index contributed by atoms with van der Waals surface area (Å²) in [6.07, 6.45) is 2.64. The van der Waals surface area contributed by atoms with Gasteiger partial charge in [0.2, 0.25) is 11.8 Å². The van der Waals surface area contributed by atoms with Crippen LogP contribution in [0.4, 0.5) is 15.8 Å². The monoisotopic (exact) mass is 743 g/mol. The Balaban J connectivity index is 0.783. The SMILES string of the molecule is O=C1CC[C@H](N2Cc3cc(N4CCN(CC5CCN(c6ccc([C@H]7c8ccc(O)cc8CO[C@H]7c7ccc(F)cc7)cc6)CC5)CC4)ccc3C2=O)C(=O)N1. The van der Waals surface area contributed by atoms with E-state index in [1.165, 1.54) is 17.8 Å². The van der Waals surface area contributed by atoms with Crippen molar-refractivity contribution in [2.45, 2.75) is 56.9 Å². The zero-order valence-electron chi connectivity index (χ0n) is 30.8. The summed E-state index contributed by atoms with van der Waals surface area (Å²) in [7, 11) is 0. The molecular formula is C44H46FN5O5. The molecule has 0 aliphatic carbocycles. The summed E-state index contributed by atoms with van der Waals surface area (Å²) in [4.78, 5) is 46.3. The molecule has 0 aromatic heterocycles. The van der Waals surface area contributed by atoms with Gasteiger partial charge in [-0.05, 0) is 108 Å². The second-order valence-electron chi connectivity index (χ2n) is 15.7. The van der Waals surface area contributed by atoms with E-state index >= 15 is 0 Å². The maximum Gasteiger partial charge on any atom is 0.255 e. The summed E-state index contributed by atoms with van der Waals surface area (Å²) in [6, 6.07) is 26.3. The number of ether oxygens (including phenoxy) is 1. The number of hydrogen-bond acceptors (Lipinski definition) is 8. The van der Waals surface area contributed by atoms with Crippen LogP contribution in [0, 0.1) is 11.7 Å². The van der Waals surface area contributed by atoms with Gasteiger partial charge in [0.1, 0.15) is 17.6 Å². The van der Waals surface area contributed by atoms with Gasteiger partial charge < -0.3 is 24.5 Å². The number of carbonyl (C=O) groups is 3. The van der Waals surface area contributed by atoms with Crippen LogP contribution in [0.25, 0.3) is 0 Å². The first kappa shape index (κ1) is 35.4. The highest BCUT2D eigenvalue weighted by atomic mass is 19.1. The van der Waals surface area contributed by atoms with E-state index in [2.05, 4.69) is 50.3 Å². The molecule has 3 fully saturated rings. The number of phenolic OH excluding ortho intramolecular Hbond substituents is 1. The van der Waals surface area contributed by atoms with Crippen LogP contribution in [0.3, 0.4) is 0 Å². The Morgan fingerprint density at radius 1 is 0.745 bits per heavy atom. The minimum atomic E-state index is -0.599. The van der Waals surface area contributed by atoms with E-state index in [-0.39, 0.29) is 47.7 Å². The van der Waals surface area contributed by atoms with Gasteiger partial charge in [-0.3, -0.25) is 24.6 Å². The van der Waals surface area contributed by atoms with Crippen molar-refractivity contribution in [1.29, 1.82) is 0 Å². The van der Waals surface area contributed by atoms with Crippen molar-refractivity contribution in [2.24, 2.45) is 5.92 Å². The molecule has 0 unspecified atom stereocenters. The molecule has 3 amide bonds. The van der Waals surface area contributed by atoms with E-state index in [0.717, 1.165) is 92.2 Å². The topological polar surface area (TPSA) is 106 Å². The van der Waals surface area contributed by atoms with E-state index in [1.807, 2.05) is 18.2 Å². The molecule has 0 bridgehead atoms. The van der Waals surface area contributed by atoms with Gasteiger partial charge in [-0.1, -0.05) is 30.3 Å². The lowest BCUT2D eigenvalue weighted by atomic mass is 9.79. The summed E-state index contributed by atoms with van der Waals surface area (Å²) < 4.78 is 20.2. The summed E-state index contributed by atoms with van der Waals surface area (Å²) >= 11 is 0. The summed E-state index contributed by atoms with van der Waals surface area (Å²) in [5.74, 6) is -0.281. The predicted molar refractivity (Wildman–Crippen MR) is 206 cm³/mol. The number of piperidine rings is 2. The lowest BCUT2D eigenvalue weighted by Crippen LogP contribution is -2.52. The quantitative estimate of drug-likeness (QED) is 0.231. The highest BCUT2D eigenvalue weighted by molar-refractivity contribution is 6.05. The van der Waals surface area contributed by atoms with Crippen molar-refractivity contribution in [3.8, 4) is 5.75 Å². The molecule has 0 saturated carbocycles. The van der Waals surface area contributed by atoms with Crippen molar-refractivity contribution in [3.05, 3.63) is 124 Å². The fraction of sp³-hybridized carbons (Fsp3) is 0.386. The number of benzene rings is 4. The second kappa shape index (κ2) is 14.8. The largest absolute Gasteiger partial charge is 0.508 e. The first-order valence-electron chi connectivity index (χ1n) is 19.6.